The Kier molecular flexibility index (Phi) is 7.16. The van der Waals surface area contributed by atoms with Gasteiger partial charge in [-0.3, -0.25) is 14.2 Å². The van der Waals surface area contributed by atoms with E-state index in [0.29, 0.717) is 40.4 Å². The zero-order valence-electron chi connectivity index (χ0n) is 18.8. The highest BCUT2D eigenvalue weighted by Crippen LogP contribution is 2.28. The molecule has 0 fully saturated rings. The van der Waals surface area contributed by atoms with Crippen LogP contribution in [0.25, 0.3) is 16.6 Å². The third kappa shape index (κ3) is 4.82. The molecule has 1 amide bonds. The molecular weight excluding hydrogens is 410 g/mol. The lowest BCUT2D eigenvalue weighted by molar-refractivity contribution is -0.138. The van der Waals surface area contributed by atoms with Crippen molar-refractivity contribution in [3.05, 3.63) is 69.7 Å². The lowest BCUT2D eigenvalue weighted by atomic mass is 10.0. The highest BCUT2D eigenvalue weighted by atomic mass is 35.5. The van der Waals surface area contributed by atoms with Gasteiger partial charge in [0.15, 0.2) is 0 Å². The molecule has 2 aromatic carbocycles. The van der Waals surface area contributed by atoms with Gasteiger partial charge in [0.05, 0.1) is 22.6 Å². The van der Waals surface area contributed by atoms with Crippen LogP contribution in [0.3, 0.4) is 0 Å². The first kappa shape index (κ1) is 23.0. The average Bonchev–Trinajstić information content (AvgIpc) is 2.73. The first-order valence-electron chi connectivity index (χ1n) is 10.8. The average molecular weight is 440 g/mol. The highest BCUT2D eigenvalue weighted by Gasteiger charge is 2.30. The van der Waals surface area contributed by atoms with Crippen LogP contribution in [0.4, 0.5) is 0 Å². The molecule has 0 bridgehead atoms. The van der Waals surface area contributed by atoms with Crippen LogP contribution in [0.2, 0.25) is 5.02 Å². The van der Waals surface area contributed by atoms with Gasteiger partial charge in [0.25, 0.3) is 5.56 Å². The molecule has 164 valence electrons. The lowest BCUT2D eigenvalue weighted by Gasteiger charge is -2.34. The van der Waals surface area contributed by atoms with E-state index in [4.69, 9.17) is 16.6 Å². The number of aromatic nitrogens is 2. The van der Waals surface area contributed by atoms with Gasteiger partial charge in [-0.05, 0) is 42.7 Å². The maximum atomic E-state index is 13.6. The Hall–Kier alpha value is -2.66. The quantitative estimate of drug-likeness (QED) is 0.479. The Bertz CT molecular complexity index is 1140. The van der Waals surface area contributed by atoms with Crippen LogP contribution in [0.15, 0.2) is 53.3 Å². The fraction of sp³-hybridized carbons (Fsp3) is 0.400. The standard InChI is InChI=1S/C25H30ClN3O2/c1-6-22(28(15-16(2)3)24(30)17(4)5)23-27-21-13-8-7-12-20(21)25(31)29(23)19-11-9-10-18(26)14-19/h7-14,16-17,22H,6,15H2,1-5H3. The van der Waals surface area contributed by atoms with E-state index in [9.17, 15) is 9.59 Å². The zero-order chi connectivity index (χ0) is 22.7. The van der Waals surface area contributed by atoms with Gasteiger partial charge in [-0.25, -0.2) is 4.98 Å². The monoisotopic (exact) mass is 439 g/mol. The second kappa shape index (κ2) is 9.65. The van der Waals surface area contributed by atoms with Gasteiger partial charge in [0, 0.05) is 17.5 Å². The summed E-state index contributed by atoms with van der Waals surface area (Å²) >= 11 is 6.25. The summed E-state index contributed by atoms with van der Waals surface area (Å²) in [6.45, 7) is 10.6. The number of hydrogen-bond donors (Lipinski definition) is 0. The molecule has 0 aliphatic rings. The van der Waals surface area contributed by atoms with Gasteiger partial charge in [-0.1, -0.05) is 64.4 Å². The summed E-state index contributed by atoms with van der Waals surface area (Å²) in [5.74, 6) is 0.742. The Morgan fingerprint density at radius 3 is 2.42 bits per heavy atom. The Morgan fingerprint density at radius 1 is 1.10 bits per heavy atom. The van der Waals surface area contributed by atoms with E-state index in [1.807, 2.05) is 56.0 Å². The summed E-state index contributed by atoms with van der Waals surface area (Å²) in [6.07, 6.45) is 0.635. The predicted octanol–water partition coefficient (Wildman–Crippen LogP) is 5.63. The number of para-hydroxylation sites is 1. The van der Waals surface area contributed by atoms with Gasteiger partial charge >= 0.3 is 0 Å². The minimum atomic E-state index is -0.339. The van der Waals surface area contributed by atoms with Crippen molar-refractivity contribution in [3.8, 4) is 5.69 Å². The fourth-order valence-corrected chi connectivity index (χ4v) is 4.06. The van der Waals surface area contributed by atoms with Crippen LogP contribution >= 0.6 is 11.6 Å². The summed E-state index contributed by atoms with van der Waals surface area (Å²) < 4.78 is 1.61. The molecule has 1 heterocycles. The number of benzene rings is 2. The molecule has 0 saturated heterocycles. The van der Waals surface area contributed by atoms with Crippen LogP contribution in [-0.4, -0.2) is 26.9 Å². The maximum absolute atomic E-state index is 13.6. The van der Waals surface area contributed by atoms with Crippen LogP contribution < -0.4 is 5.56 Å². The highest BCUT2D eigenvalue weighted by molar-refractivity contribution is 6.30. The normalized spacial score (nSPS) is 12.5. The first-order chi connectivity index (χ1) is 14.7. The van der Waals surface area contributed by atoms with Crippen molar-refractivity contribution < 1.29 is 4.79 Å². The third-order valence-electron chi connectivity index (χ3n) is 5.27. The molecule has 1 unspecified atom stereocenters. The lowest BCUT2D eigenvalue weighted by Crippen LogP contribution is -2.42. The second-order valence-corrected chi connectivity index (χ2v) is 9.01. The molecular formula is C25H30ClN3O2. The van der Waals surface area contributed by atoms with Crippen molar-refractivity contribution in [2.75, 3.05) is 6.54 Å². The van der Waals surface area contributed by atoms with Crippen molar-refractivity contribution in [3.63, 3.8) is 0 Å². The zero-order valence-corrected chi connectivity index (χ0v) is 19.6. The Labute approximate surface area is 188 Å². The fourth-order valence-electron chi connectivity index (χ4n) is 3.88. The second-order valence-electron chi connectivity index (χ2n) is 8.57. The smallest absolute Gasteiger partial charge is 0.266 e. The number of carbonyl (C=O) groups excluding carboxylic acids is 1. The molecule has 3 rings (SSSR count). The molecule has 0 aliphatic carbocycles. The summed E-state index contributed by atoms with van der Waals surface area (Å²) in [6, 6.07) is 14.2. The van der Waals surface area contributed by atoms with E-state index in [1.54, 1.807) is 22.8 Å². The van der Waals surface area contributed by atoms with Gasteiger partial charge in [-0.2, -0.15) is 0 Å². The van der Waals surface area contributed by atoms with E-state index in [2.05, 4.69) is 13.8 Å². The molecule has 6 heteroatoms. The molecule has 3 aromatic rings. The summed E-state index contributed by atoms with van der Waals surface area (Å²) in [7, 11) is 0. The van der Waals surface area contributed by atoms with Crippen molar-refractivity contribution >= 4 is 28.4 Å². The topological polar surface area (TPSA) is 55.2 Å². The van der Waals surface area contributed by atoms with Crippen molar-refractivity contribution in [1.82, 2.24) is 14.5 Å². The number of carbonyl (C=O) groups is 1. The first-order valence-corrected chi connectivity index (χ1v) is 11.2. The molecule has 0 N–H and O–H groups in total. The predicted molar refractivity (Wildman–Crippen MR) is 127 cm³/mol. The van der Waals surface area contributed by atoms with E-state index in [-0.39, 0.29) is 29.3 Å². The molecule has 0 radical (unpaired) electrons. The number of amides is 1. The van der Waals surface area contributed by atoms with Crippen molar-refractivity contribution in [2.24, 2.45) is 11.8 Å². The van der Waals surface area contributed by atoms with E-state index < -0.39 is 0 Å². The number of hydrogen-bond acceptors (Lipinski definition) is 3. The number of nitrogens with zero attached hydrogens (tertiary/aromatic N) is 3. The molecule has 31 heavy (non-hydrogen) atoms. The van der Waals surface area contributed by atoms with E-state index in [1.165, 1.54) is 0 Å². The summed E-state index contributed by atoms with van der Waals surface area (Å²) in [5.41, 5.74) is 1.11. The minimum Gasteiger partial charge on any atom is -0.332 e. The van der Waals surface area contributed by atoms with E-state index >= 15 is 0 Å². The molecule has 0 spiro atoms. The van der Waals surface area contributed by atoms with Crippen LogP contribution in [0, 0.1) is 11.8 Å². The van der Waals surface area contributed by atoms with Crippen molar-refractivity contribution in [2.45, 2.75) is 47.1 Å². The maximum Gasteiger partial charge on any atom is 0.266 e. The Morgan fingerprint density at radius 2 is 1.81 bits per heavy atom. The SMILES string of the molecule is CCC(c1nc2ccccc2c(=O)n1-c1cccc(Cl)c1)N(CC(C)C)C(=O)C(C)C. The number of rotatable bonds is 7. The minimum absolute atomic E-state index is 0.0561. The Balaban J connectivity index is 2.33. The summed E-state index contributed by atoms with van der Waals surface area (Å²) in [5, 5.41) is 1.07. The molecule has 0 saturated carbocycles. The molecule has 0 aliphatic heterocycles. The summed E-state index contributed by atoms with van der Waals surface area (Å²) in [4.78, 5) is 33.6. The van der Waals surface area contributed by atoms with Gasteiger partial charge in [0.2, 0.25) is 5.91 Å². The molecule has 1 atom stereocenters. The molecule has 1 aromatic heterocycles. The van der Waals surface area contributed by atoms with Crippen LogP contribution in [0.5, 0.6) is 0 Å². The van der Waals surface area contributed by atoms with Gasteiger partial charge < -0.3 is 4.90 Å². The van der Waals surface area contributed by atoms with Crippen LogP contribution in [-0.2, 0) is 4.79 Å². The van der Waals surface area contributed by atoms with Gasteiger partial charge in [0.1, 0.15) is 5.82 Å². The van der Waals surface area contributed by atoms with Gasteiger partial charge in [-0.15, -0.1) is 0 Å². The third-order valence-corrected chi connectivity index (χ3v) is 5.50. The van der Waals surface area contributed by atoms with Crippen LogP contribution in [0.1, 0.15) is 52.9 Å². The molecule has 5 nitrogen and oxygen atoms in total. The largest absolute Gasteiger partial charge is 0.332 e. The number of fused-ring (bicyclic) bond motifs is 1. The number of halogens is 1. The van der Waals surface area contributed by atoms with E-state index in [0.717, 1.165) is 0 Å². The van der Waals surface area contributed by atoms with Crippen molar-refractivity contribution in [1.29, 1.82) is 0 Å².